The van der Waals surface area contributed by atoms with Crippen molar-refractivity contribution in [2.24, 2.45) is 0 Å². The van der Waals surface area contributed by atoms with E-state index in [4.69, 9.17) is 0 Å². The molecule has 17 heavy (non-hydrogen) atoms. The van der Waals surface area contributed by atoms with Gasteiger partial charge in [0, 0.05) is 5.56 Å². The van der Waals surface area contributed by atoms with Crippen molar-refractivity contribution < 1.29 is 31.1 Å². The van der Waals surface area contributed by atoms with Gasteiger partial charge in [-0.25, -0.2) is 0 Å². The summed E-state index contributed by atoms with van der Waals surface area (Å²) in [5, 5.41) is 0. The number of alkyl halides is 6. The average molecular weight is 256 g/mol. The Balaban J connectivity index is 3.59. The Morgan fingerprint density at radius 1 is 0.941 bits per heavy atom. The van der Waals surface area contributed by atoms with Gasteiger partial charge in [-0.2, -0.15) is 26.3 Å². The van der Waals surface area contributed by atoms with Gasteiger partial charge in [0.05, 0.1) is 11.1 Å². The Morgan fingerprint density at radius 3 is 1.71 bits per heavy atom. The van der Waals surface area contributed by atoms with Crippen molar-refractivity contribution >= 4 is 6.29 Å². The second-order valence-corrected chi connectivity index (χ2v) is 3.37. The number of hydrogen-bond donors (Lipinski definition) is 0. The topological polar surface area (TPSA) is 17.1 Å². The number of carbonyl (C=O) groups is 1. The molecule has 0 N–H and O–H groups in total. The van der Waals surface area contributed by atoms with Crippen LogP contribution in [0.4, 0.5) is 26.3 Å². The zero-order valence-corrected chi connectivity index (χ0v) is 8.41. The van der Waals surface area contributed by atoms with Crippen molar-refractivity contribution in [2.45, 2.75) is 19.3 Å². The van der Waals surface area contributed by atoms with E-state index in [1.165, 1.54) is 0 Å². The molecule has 0 bridgehead atoms. The van der Waals surface area contributed by atoms with E-state index in [2.05, 4.69) is 0 Å². The summed E-state index contributed by atoms with van der Waals surface area (Å²) in [5.74, 6) is 0. The van der Waals surface area contributed by atoms with E-state index in [-0.39, 0.29) is 17.9 Å². The molecule has 0 saturated heterocycles. The molecule has 0 spiro atoms. The smallest absolute Gasteiger partial charge is 0.298 e. The molecule has 1 aromatic carbocycles. The highest BCUT2D eigenvalue weighted by Crippen LogP contribution is 2.41. The van der Waals surface area contributed by atoms with Crippen LogP contribution in [0.2, 0.25) is 0 Å². The number of rotatable bonds is 1. The molecule has 0 aliphatic rings. The molecular weight excluding hydrogens is 250 g/mol. The SMILES string of the molecule is Cc1cc(C(F)(F)F)c(C(F)(F)F)cc1C=O. The van der Waals surface area contributed by atoms with E-state index in [1.807, 2.05) is 0 Å². The van der Waals surface area contributed by atoms with Crippen LogP contribution in [0.1, 0.15) is 27.0 Å². The fourth-order valence-corrected chi connectivity index (χ4v) is 1.32. The first-order chi connectivity index (χ1) is 7.57. The monoisotopic (exact) mass is 256 g/mol. The van der Waals surface area contributed by atoms with Crippen LogP contribution in [0.3, 0.4) is 0 Å². The van der Waals surface area contributed by atoms with E-state index in [9.17, 15) is 31.1 Å². The van der Waals surface area contributed by atoms with Gasteiger partial charge in [0.25, 0.3) is 0 Å². The number of halogens is 6. The fraction of sp³-hybridized carbons (Fsp3) is 0.300. The molecule has 7 heteroatoms. The zero-order chi connectivity index (χ0) is 13.4. The summed E-state index contributed by atoms with van der Waals surface area (Å²) in [4.78, 5) is 10.4. The van der Waals surface area contributed by atoms with Crippen molar-refractivity contribution in [2.75, 3.05) is 0 Å². The minimum atomic E-state index is -5.16. The highest BCUT2D eigenvalue weighted by Gasteiger charge is 2.43. The molecule has 1 nitrogen and oxygen atoms in total. The third-order valence-electron chi connectivity index (χ3n) is 2.14. The van der Waals surface area contributed by atoms with Gasteiger partial charge in [0.15, 0.2) is 0 Å². The van der Waals surface area contributed by atoms with Crippen LogP contribution in [0.5, 0.6) is 0 Å². The predicted molar refractivity (Wildman–Crippen MR) is 46.6 cm³/mol. The van der Waals surface area contributed by atoms with Crippen LogP contribution < -0.4 is 0 Å². The molecular formula is C10H6F6O. The van der Waals surface area contributed by atoms with Gasteiger partial charge in [0.1, 0.15) is 6.29 Å². The number of aryl methyl sites for hydroxylation is 1. The average Bonchev–Trinajstić information content (AvgIpc) is 2.14. The molecule has 0 aliphatic heterocycles. The normalized spacial score (nSPS) is 12.6. The summed E-state index contributed by atoms with van der Waals surface area (Å²) in [6.45, 7) is 1.14. The molecule has 0 fully saturated rings. The summed E-state index contributed by atoms with van der Waals surface area (Å²) in [6.07, 6.45) is -10.2. The number of hydrogen-bond acceptors (Lipinski definition) is 1. The van der Waals surface area contributed by atoms with Gasteiger partial charge < -0.3 is 0 Å². The molecule has 0 unspecified atom stereocenters. The van der Waals surface area contributed by atoms with Gasteiger partial charge in [-0.05, 0) is 24.6 Å². The quantitative estimate of drug-likeness (QED) is 0.551. The molecule has 0 radical (unpaired) electrons. The standard InChI is InChI=1S/C10H6F6O/c1-5-2-7(9(11,12)13)8(10(14,15)16)3-6(5)4-17/h2-4H,1H3. The summed E-state index contributed by atoms with van der Waals surface area (Å²) < 4.78 is 74.5. The van der Waals surface area contributed by atoms with Gasteiger partial charge in [-0.1, -0.05) is 0 Å². The van der Waals surface area contributed by atoms with E-state index >= 15 is 0 Å². The van der Waals surface area contributed by atoms with Crippen LogP contribution in [-0.4, -0.2) is 6.29 Å². The van der Waals surface area contributed by atoms with Crippen LogP contribution in [0.15, 0.2) is 12.1 Å². The summed E-state index contributed by atoms with van der Waals surface area (Å²) in [6, 6.07) is 0.539. The van der Waals surface area contributed by atoms with Crippen molar-refractivity contribution in [1.82, 2.24) is 0 Å². The molecule has 0 aliphatic carbocycles. The Morgan fingerprint density at radius 2 is 1.35 bits per heavy atom. The second kappa shape index (κ2) is 4.05. The largest absolute Gasteiger partial charge is 0.417 e. The Bertz CT molecular complexity index is 443. The minimum absolute atomic E-state index is 0.0880. The summed E-state index contributed by atoms with van der Waals surface area (Å²) >= 11 is 0. The zero-order valence-electron chi connectivity index (χ0n) is 8.41. The molecule has 94 valence electrons. The maximum Gasteiger partial charge on any atom is 0.417 e. The highest BCUT2D eigenvalue weighted by atomic mass is 19.4. The lowest BCUT2D eigenvalue weighted by molar-refractivity contribution is -0.162. The Labute approximate surface area is 92.0 Å². The maximum atomic E-state index is 12.4. The van der Waals surface area contributed by atoms with Gasteiger partial charge in [-0.15, -0.1) is 0 Å². The van der Waals surface area contributed by atoms with Crippen LogP contribution in [0.25, 0.3) is 0 Å². The van der Waals surface area contributed by atoms with Crippen LogP contribution >= 0.6 is 0 Å². The number of aldehydes is 1. The van der Waals surface area contributed by atoms with Crippen molar-refractivity contribution in [1.29, 1.82) is 0 Å². The summed E-state index contributed by atoms with van der Waals surface area (Å²) in [7, 11) is 0. The van der Waals surface area contributed by atoms with Gasteiger partial charge in [0.2, 0.25) is 0 Å². The molecule has 1 rings (SSSR count). The van der Waals surface area contributed by atoms with E-state index in [0.717, 1.165) is 6.92 Å². The van der Waals surface area contributed by atoms with E-state index in [1.54, 1.807) is 0 Å². The first kappa shape index (κ1) is 13.5. The molecule has 0 heterocycles. The first-order valence-electron chi connectivity index (χ1n) is 4.31. The minimum Gasteiger partial charge on any atom is -0.298 e. The summed E-state index contributed by atoms with van der Waals surface area (Å²) in [5.41, 5.74) is -4.20. The number of benzene rings is 1. The second-order valence-electron chi connectivity index (χ2n) is 3.37. The number of carbonyl (C=O) groups excluding carboxylic acids is 1. The van der Waals surface area contributed by atoms with Crippen LogP contribution in [-0.2, 0) is 12.4 Å². The third kappa shape index (κ3) is 2.78. The lowest BCUT2D eigenvalue weighted by atomic mass is 9.99. The van der Waals surface area contributed by atoms with E-state index < -0.39 is 29.0 Å². The molecule has 0 atom stereocenters. The molecule has 0 amide bonds. The predicted octanol–water partition coefficient (Wildman–Crippen LogP) is 3.85. The maximum absolute atomic E-state index is 12.4. The van der Waals surface area contributed by atoms with E-state index in [0.29, 0.717) is 6.07 Å². The molecule has 0 aromatic heterocycles. The highest BCUT2D eigenvalue weighted by molar-refractivity contribution is 5.78. The van der Waals surface area contributed by atoms with Gasteiger partial charge in [-0.3, -0.25) is 4.79 Å². The lowest BCUT2D eigenvalue weighted by Gasteiger charge is -2.16. The third-order valence-corrected chi connectivity index (χ3v) is 2.14. The molecule has 0 saturated carbocycles. The van der Waals surface area contributed by atoms with Crippen LogP contribution in [0, 0.1) is 6.92 Å². The van der Waals surface area contributed by atoms with Crippen molar-refractivity contribution in [3.63, 3.8) is 0 Å². The van der Waals surface area contributed by atoms with Gasteiger partial charge >= 0.3 is 12.4 Å². The van der Waals surface area contributed by atoms with Crippen molar-refractivity contribution in [3.8, 4) is 0 Å². The molecule has 1 aromatic rings. The fourth-order valence-electron chi connectivity index (χ4n) is 1.32. The first-order valence-corrected chi connectivity index (χ1v) is 4.31. The lowest BCUT2D eigenvalue weighted by Crippen LogP contribution is -2.17. The Kier molecular flexibility index (Phi) is 3.22. The Hall–Kier alpha value is -1.53. The van der Waals surface area contributed by atoms with Crippen molar-refractivity contribution in [3.05, 3.63) is 34.4 Å².